The molecule has 1 rings (SSSR count). The number of hydrogen-bond acceptors (Lipinski definition) is 6. The third-order valence-electron chi connectivity index (χ3n) is 1.99. The summed E-state index contributed by atoms with van der Waals surface area (Å²) in [5, 5.41) is 11.6. The van der Waals surface area contributed by atoms with Crippen LogP contribution in [-0.4, -0.2) is 17.8 Å². The first-order valence-electron chi connectivity index (χ1n) is 5.20. The molecule has 1 N–H and O–H groups in total. The van der Waals surface area contributed by atoms with Crippen LogP contribution in [0.5, 0.6) is 0 Å². The molecule has 0 saturated heterocycles. The second kappa shape index (κ2) is 8.08. The minimum atomic E-state index is -0.414. The van der Waals surface area contributed by atoms with E-state index in [4.69, 9.17) is 9.99 Å². The largest absolute Gasteiger partial charge is 0.462 e. The predicted molar refractivity (Wildman–Crippen MR) is 62.3 cm³/mol. The number of unbranched alkanes of at least 4 members (excludes halogenated alkanes) is 1. The van der Waals surface area contributed by atoms with Crippen LogP contribution in [0.3, 0.4) is 0 Å². The van der Waals surface area contributed by atoms with Crippen LogP contribution in [0.4, 0.5) is 0 Å². The number of hydrogen-bond donors (Lipinski definition) is 1. The van der Waals surface area contributed by atoms with Gasteiger partial charge >= 0.3 is 5.97 Å². The fourth-order valence-electron chi connectivity index (χ4n) is 1.15. The van der Waals surface area contributed by atoms with Crippen molar-refractivity contribution in [2.24, 2.45) is 0 Å². The summed E-state index contributed by atoms with van der Waals surface area (Å²) < 4.78 is 9.38. The lowest BCUT2D eigenvalue weighted by Gasteiger charge is -2.07. The summed E-state index contributed by atoms with van der Waals surface area (Å²) in [6.45, 7) is 2.41. The van der Waals surface area contributed by atoms with E-state index in [1.165, 1.54) is 0 Å². The van der Waals surface area contributed by atoms with Crippen molar-refractivity contribution in [3.05, 3.63) is 29.8 Å². The second-order valence-corrected chi connectivity index (χ2v) is 3.95. The van der Waals surface area contributed by atoms with E-state index >= 15 is 0 Å². The van der Waals surface area contributed by atoms with Crippen LogP contribution < -0.4 is 0 Å². The van der Waals surface area contributed by atoms with E-state index in [1.807, 2.05) is 6.92 Å². The Bertz CT molecular complexity index is 355. The molecule has 0 bridgehead atoms. The lowest BCUT2D eigenvalue weighted by Crippen LogP contribution is -2.07. The number of esters is 1. The molecule has 0 aliphatic rings. The number of ether oxygens (including phenoxy) is 1. The number of rotatable bonds is 7. The van der Waals surface area contributed by atoms with E-state index in [2.05, 4.69) is 9.37 Å². The van der Waals surface area contributed by atoms with Gasteiger partial charge in [-0.1, -0.05) is 30.5 Å². The normalized spacial score (nSPS) is 10.2. The third kappa shape index (κ3) is 4.74. The summed E-state index contributed by atoms with van der Waals surface area (Å²) in [6.07, 6.45) is 1.79. The van der Waals surface area contributed by atoms with Gasteiger partial charge in [-0.3, -0.25) is 0 Å². The number of carbonyl (C=O) groups is 1. The van der Waals surface area contributed by atoms with Crippen LogP contribution in [0.25, 0.3) is 0 Å². The second-order valence-electron chi connectivity index (χ2n) is 3.21. The minimum absolute atomic E-state index is 0.380. The molecule has 6 heteroatoms. The van der Waals surface area contributed by atoms with Crippen molar-refractivity contribution in [3.63, 3.8) is 0 Å². The highest BCUT2D eigenvalue weighted by Gasteiger charge is 2.13. The molecular formula is C11H14O5S. The Hall–Kier alpha value is -1.08. The van der Waals surface area contributed by atoms with Crippen LogP contribution in [-0.2, 0) is 14.1 Å². The van der Waals surface area contributed by atoms with Gasteiger partial charge in [0.05, 0.1) is 29.1 Å². The summed E-state index contributed by atoms with van der Waals surface area (Å²) >= 11 is 0.742. The van der Waals surface area contributed by atoms with Gasteiger partial charge in [-0.25, -0.2) is 10.1 Å². The Morgan fingerprint density at radius 2 is 2.18 bits per heavy atom. The summed E-state index contributed by atoms with van der Waals surface area (Å²) in [4.78, 5) is 12.2. The van der Waals surface area contributed by atoms with Crippen molar-refractivity contribution < 1.29 is 24.2 Å². The first kappa shape index (κ1) is 14.0. The van der Waals surface area contributed by atoms with Crippen LogP contribution in [0.15, 0.2) is 29.2 Å². The maximum Gasteiger partial charge on any atom is 0.339 e. The highest BCUT2D eigenvalue weighted by Crippen LogP contribution is 2.24. The Morgan fingerprint density at radius 3 is 2.88 bits per heavy atom. The molecule has 0 spiro atoms. The molecule has 5 nitrogen and oxygen atoms in total. The Balaban J connectivity index is 2.64. The molecular weight excluding hydrogens is 244 g/mol. The van der Waals surface area contributed by atoms with Crippen molar-refractivity contribution >= 4 is 18.0 Å². The van der Waals surface area contributed by atoms with Gasteiger partial charge in [0.1, 0.15) is 0 Å². The first-order valence-corrected chi connectivity index (χ1v) is 5.94. The highest BCUT2D eigenvalue weighted by atomic mass is 32.2. The van der Waals surface area contributed by atoms with Gasteiger partial charge in [0.15, 0.2) is 0 Å². The van der Waals surface area contributed by atoms with E-state index < -0.39 is 5.97 Å². The van der Waals surface area contributed by atoms with Gasteiger partial charge in [-0.15, -0.1) is 4.33 Å². The lowest BCUT2D eigenvalue weighted by atomic mass is 10.2. The van der Waals surface area contributed by atoms with Crippen molar-refractivity contribution in [1.29, 1.82) is 0 Å². The average molecular weight is 258 g/mol. The van der Waals surface area contributed by atoms with E-state index in [1.54, 1.807) is 24.3 Å². The van der Waals surface area contributed by atoms with E-state index in [9.17, 15) is 4.79 Å². The van der Waals surface area contributed by atoms with Crippen molar-refractivity contribution in [2.75, 3.05) is 6.61 Å². The Kier molecular flexibility index (Phi) is 6.64. The zero-order valence-electron chi connectivity index (χ0n) is 9.42. The standard InChI is InChI=1S/C11H14O5S/c1-2-3-8-14-11(12)9-6-4-5-7-10(9)17-16-15-13/h4-7,13H,2-3,8H2,1H3. The predicted octanol–water partition coefficient (Wildman–Crippen LogP) is 3.07. The molecule has 0 aromatic heterocycles. The van der Waals surface area contributed by atoms with Crippen molar-refractivity contribution in [2.45, 2.75) is 24.7 Å². The topological polar surface area (TPSA) is 65.0 Å². The van der Waals surface area contributed by atoms with Crippen LogP contribution in [0, 0.1) is 0 Å². The lowest BCUT2D eigenvalue weighted by molar-refractivity contribution is -0.432. The van der Waals surface area contributed by atoms with Gasteiger partial charge < -0.3 is 4.74 Å². The molecule has 1 aromatic carbocycles. The van der Waals surface area contributed by atoms with Gasteiger partial charge in [-0.2, -0.15) is 0 Å². The molecule has 0 fully saturated rings. The van der Waals surface area contributed by atoms with Crippen molar-refractivity contribution in [1.82, 2.24) is 0 Å². The molecule has 0 heterocycles. The molecule has 1 aromatic rings. The maximum absolute atomic E-state index is 11.7. The summed E-state index contributed by atoms with van der Waals surface area (Å²) in [5.74, 6) is -0.414. The number of benzene rings is 1. The minimum Gasteiger partial charge on any atom is -0.462 e. The zero-order valence-corrected chi connectivity index (χ0v) is 10.2. The molecule has 0 amide bonds. The molecule has 0 atom stereocenters. The fourth-order valence-corrected chi connectivity index (χ4v) is 1.63. The zero-order chi connectivity index (χ0) is 12.5. The highest BCUT2D eigenvalue weighted by molar-refractivity contribution is 7.94. The molecule has 0 unspecified atom stereocenters. The fraction of sp³-hybridized carbons (Fsp3) is 0.364. The van der Waals surface area contributed by atoms with Crippen molar-refractivity contribution in [3.8, 4) is 0 Å². The summed E-state index contributed by atoms with van der Waals surface area (Å²) in [6, 6.07) is 6.75. The first-order chi connectivity index (χ1) is 8.29. The maximum atomic E-state index is 11.7. The van der Waals surface area contributed by atoms with Gasteiger partial charge in [-0.05, 0) is 18.6 Å². The summed E-state index contributed by atoms with van der Waals surface area (Å²) in [5.41, 5.74) is 0.380. The molecule has 17 heavy (non-hydrogen) atoms. The van der Waals surface area contributed by atoms with Crippen LogP contribution in [0.1, 0.15) is 30.1 Å². The summed E-state index contributed by atoms with van der Waals surface area (Å²) in [7, 11) is 0. The number of carbonyl (C=O) groups excluding carboxylic acids is 1. The van der Waals surface area contributed by atoms with E-state index in [0.29, 0.717) is 17.1 Å². The smallest absolute Gasteiger partial charge is 0.339 e. The van der Waals surface area contributed by atoms with Crippen LogP contribution in [0.2, 0.25) is 0 Å². The monoisotopic (exact) mass is 258 g/mol. The molecule has 0 aliphatic heterocycles. The van der Waals surface area contributed by atoms with Gasteiger partial charge in [0.25, 0.3) is 0 Å². The van der Waals surface area contributed by atoms with Crippen LogP contribution >= 0.6 is 12.0 Å². The molecule has 94 valence electrons. The average Bonchev–Trinajstić information content (AvgIpc) is 2.37. The molecule has 0 radical (unpaired) electrons. The molecule has 0 saturated carbocycles. The quantitative estimate of drug-likeness (QED) is 0.266. The van der Waals surface area contributed by atoms with Gasteiger partial charge in [0.2, 0.25) is 0 Å². The Morgan fingerprint density at radius 1 is 1.41 bits per heavy atom. The Labute approximate surface area is 104 Å². The third-order valence-corrected chi connectivity index (χ3v) is 2.66. The van der Waals surface area contributed by atoms with E-state index in [0.717, 1.165) is 24.9 Å². The van der Waals surface area contributed by atoms with Gasteiger partial charge in [0, 0.05) is 0 Å². The molecule has 0 aliphatic carbocycles. The SMILES string of the molecule is CCCCOC(=O)c1ccccc1SOOO. The van der Waals surface area contributed by atoms with E-state index in [-0.39, 0.29) is 0 Å².